The quantitative estimate of drug-likeness (QED) is 0.843. The van der Waals surface area contributed by atoms with Crippen molar-refractivity contribution in [2.75, 3.05) is 32.0 Å². The Balaban J connectivity index is 2.09. The molecule has 1 N–H and O–H groups in total. The number of hydrogen-bond donors (Lipinski definition) is 1. The molecule has 0 amide bonds. The maximum absolute atomic E-state index is 3.60. The van der Waals surface area contributed by atoms with Crippen molar-refractivity contribution >= 4 is 16.5 Å². The van der Waals surface area contributed by atoms with Gasteiger partial charge in [0.1, 0.15) is 0 Å². The Bertz CT molecular complexity index is 534. The second-order valence-electron chi connectivity index (χ2n) is 5.21. The molecule has 0 bridgehead atoms. The maximum atomic E-state index is 3.60. The van der Waals surface area contributed by atoms with Crippen LogP contribution in [0.5, 0.6) is 0 Å². The van der Waals surface area contributed by atoms with E-state index < -0.39 is 0 Å². The molecule has 19 heavy (non-hydrogen) atoms. The Kier molecular flexibility index (Phi) is 4.80. The van der Waals surface area contributed by atoms with E-state index in [9.17, 15) is 0 Å². The van der Waals surface area contributed by atoms with E-state index in [-0.39, 0.29) is 0 Å². The van der Waals surface area contributed by atoms with Crippen LogP contribution in [0, 0.1) is 6.92 Å². The van der Waals surface area contributed by atoms with Gasteiger partial charge in [-0.15, -0.1) is 0 Å². The molecule has 2 aromatic carbocycles. The molecule has 0 saturated heterocycles. The highest BCUT2D eigenvalue weighted by atomic mass is 15.1. The lowest BCUT2D eigenvalue weighted by Crippen LogP contribution is -2.26. The highest BCUT2D eigenvalue weighted by molar-refractivity contribution is 5.95. The van der Waals surface area contributed by atoms with E-state index in [4.69, 9.17) is 0 Å². The number of anilines is 1. The third-order valence-electron chi connectivity index (χ3n) is 3.54. The predicted molar refractivity (Wildman–Crippen MR) is 85.0 cm³/mol. The van der Waals surface area contributed by atoms with E-state index in [1.165, 1.54) is 28.4 Å². The molecule has 2 nitrogen and oxygen atoms in total. The van der Waals surface area contributed by atoms with Gasteiger partial charge in [0.05, 0.1) is 0 Å². The zero-order valence-corrected chi connectivity index (χ0v) is 12.2. The summed E-state index contributed by atoms with van der Waals surface area (Å²) < 4.78 is 0. The van der Waals surface area contributed by atoms with Crippen molar-refractivity contribution in [3.63, 3.8) is 0 Å². The topological polar surface area (TPSA) is 15.3 Å². The van der Waals surface area contributed by atoms with Gasteiger partial charge >= 0.3 is 0 Å². The van der Waals surface area contributed by atoms with E-state index in [0.29, 0.717) is 0 Å². The number of nitrogens with one attached hydrogen (secondary N) is 1. The second kappa shape index (κ2) is 6.58. The molecule has 2 aromatic rings. The summed E-state index contributed by atoms with van der Waals surface area (Å²) in [5.74, 6) is 0. The number of likely N-dealkylation sites (N-methyl/N-ethyl adjacent to an activating group) is 1. The molecule has 0 aliphatic heterocycles. The van der Waals surface area contributed by atoms with Gasteiger partial charge in [-0.05, 0) is 37.9 Å². The molecule has 0 aromatic heterocycles. The van der Waals surface area contributed by atoms with Gasteiger partial charge in [-0.2, -0.15) is 0 Å². The van der Waals surface area contributed by atoms with Crippen molar-refractivity contribution in [3.05, 3.63) is 42.0 Å². The van der Waals surface area contributed by atoms with Crippen LogP contribution in [0.1, 0.15) is 18.9 Å². The average molecular weight is 256 g/mol. The predicted octanol–water partition coefficient (Wildman–Crippen LogP) is 3.90. The lowest BCUT2D eigenvalue weighted by atomic mass is 10.0. The van der Waals surface area contributed by atoms with Crippen molar-refractivity contribution in [1.29, 1.82) is 0 Å². The van der Waals surface area contributed by atoms with Crippen LogP contribution in [0.4, 0.5) is 5.69 Å². The normalized spacial score (nSPS) is 11.2. The van der Waals surface area contributed by atoms with Crippen LogP contribution in [-0.2, 0) is 0 Å². The largest absolute Gasteiger partial charge is 0.383 e. The first kappa shape index (κ1) is 13.9. The van der Waals surface area contributed by atoms with Crippen LogP contribution >= 0.6 is 0 Å². The number of benzene rings is 2. The zero-order chi connectivity index (χ0) is 13.7. The Hall–Kier alpha value is -1.54. The standard InChI is InChI=1S/C17H24N2/c1-4-12-19(3)13-11-18-17-14(2)9-10-15-7-5-6-8-16(15)17/h5-10,18H,4,11-13H2,1-3H3. The average Bonchev–Trinajstić information content (AvgIpc) is 2.41. The van der Waals surface area contributed by atoms with Gasteiger partial charge in [-0.3, -0.25) is 0 Å². The molecule has 0 aliphatic carbocycles. The fourth-order valence-corrected chi connectivity index (χ4v) is 2.48. The summed E-state index contributed by atoms with van der Waals surface area (Å²) in [5.41, 5.74) is 2.60. The van der Waals surface area contributed by atoms with E-state index >= 15 is 0 Å². The number of fused-ring (bicyclic) bond motifs is 1. The minimum atomic E-state index is 0.991. The van der Waals surface area contributed by atoms with Gasteiger partial charge in [0.25, 0.3) is 0 Å². The highest BCUT2D eigenvalue weighted by Crippen LogP contribution is 2.26. The molecule has 2 heteroatoms. The summed E-state index contributed by atoms with van der Waals surface area (Å²) in [5, 5.41) is 6.23. The van der Waals surface area contributed by atoms with Gasteiger partial charge < -0.3 is 10.2 Å². The van der Waals surface area contributed by atoms with Crippen molar-refractivity contribution in [2.24, 2.45) is 0 Å². The molecule has 2 rings (SSSR count). The third-order valence-corrected chi connectivity index (χ3v) is 3.54. The van der Waals surface area contributed by atoms with Crippen molar-refractivity contribution in [3.8, 4) is 0 Å². The van der Waals surface area contributed by atoms with E-state index in [1.54, 1.807) is 0 Å². The smallest absolute Gasteiger partial charge is 0.0450 e. The Morgan fingerprint density at radius 2 is 1.84 bits per heavy atom. The molecule has 0 saturated carbocycles. The molecule has 0 aliphatic rings. The fraction of sp³-hybridized carbons (Fsp3) is 0.412. The number of hydrogen-bond acceptors (Lipinski definition) is 2. The first-order valence-electron chi connectivity index (χ1n) is 7.13. The molecule has 0 unspecified atom stereocenters. The summed E-state index contributed by atoms with van der Waals surface area (Å²) in [6.45, 7) is 7.63. The third kappa shape index (κ3) is 3.48. The Morgan fingerprint density at radius 3 is 2.63 bits per heavy atom. The second-order valence-corrected chi connectivity index (χ2v) is 5.21. The van der Waals surface area contributed by atoms with E-state index in [2.05, 4.69) is 67.5 Å². The minimum Gasteiger partial charge on any atom is -0.383 e. The molecule has 0 spiro atoms. The van der Waals surface area contributed by atoms with E-state index in [1.807, 2.05) is 0 Å². The van der Waals surface area contributed by atoms with Crippen molar-refractivity contribution < 1.29 is 0 Å². The number of rotatable bonds is 6. The van der Waals surface area contributed by atoms with Crippen LogP contribution < -0.4 is 5.32 Å². The minimum absolute atomic E-state index is 0.991. The summed E-state index contributed by atoms with van der Waals surface area (Å²) in [6.07, 6.45) is 1.21. The molecule has 0 atom stereocenters. The molecule has 0 radical (unpaired) electrons. The van der Waals surface area contributed by atoms with Gasteiger partial charge in [0.15, 0.2) is 0 Å². The van der Waals surface area contributed by atoms with Crippen LogP contribution in [0.3, 0.4) is 0 Å². The van der Waals surface area contributed by atoms with E-state index in [0.717, 1.165) is 19.6 Å². The number of aryl methyl sites for hydroxylation is 1. The summed E-state index contributed by atoms with van der Waals surface area (Å²) in [6, 6.07) is 13.0. The molecular formula is C17H24N2. The zero-order valence-electron chi connectivity index (χ0n) is 12.2. The SMILES string of the molecule is CCCN(C)CCNc1c(C)ccc2ccccc12. The van der Waals surface area contributed by atoms with Crippen LogP contribution in [0.25, 0.3) is 10.8 Å². The summed E-state index contributed by atoms with van der Waals surface area (Å²) >= 11 is 0. The molecule has 102 valence electrons. The first-order chi connectivity index (χ1) is 9.22. The van der Waals surface area contributed by atoms with Gasteiger partial charge in [0, 0.05) is 24.2 Å². The lowest BCUT2D eigenvalue weighted by Gasteiger charge is -2.18. The van der Waals surface area contributed by atoms with Crippen LogP contribution in [0.15, 0.2) is 36.4 Å². The van der Waals surface area contributed by atoms with Crippen LogP contribution in [-0.4, -0.2) is 31.6 Å². The monoisotopic (exact) mass is 256 g/mol. The fourth-order valence-electron chi connectivity index (χ4n) is 2.48. The molecule has 0 fully saturated rings. The summed E-state index contributed by atoms with van der Waals surface area (Å²) in [7, 11) is 2.18. The Morgan fingerprint density at radius 1 is 1.05 bits per heavy atom. The molecule has 0 heterocycles. The lowest BCUT2D eigenvalue weighted by molar-refractivity contribution is 0.348. The van der Waals surface area contributed by atoms with Crippen LogP contribution in [0.2, 0.25) is 0 Å². The maximum Gasteiger partial charge on any atom is 0.0450 e. The Labute approximate surface area is 116 Å². The van der Waals surface area contributed by atoms with Gasteiger partial charge in [-0.1, -0.05) is 43.3 Å². The van der Waals surface area contributed by atoms with Crippen molar-refractivity contribution in [1.82, 2.24) is 4.90 Å². The summed E-state index contributed by atoms with van der Waals surface area (Å²) in [4.78, 5) is 2.37. The highest BCUT2D eigenvalue weighted by Gasteiger charge is 2.04. The first-order valence-corrected chi connectivity index (χ1v) is 7.13. The molecular weight excluding hydrogens is 232 g/mol. The van der Waals surface area contributed by atoms with Crippen molar-refractivity contribution in [2.45, 2.75) is 20.3 Å². The van der Waals surface area contributed by atoms with Gasteiger partial charge in [-0.25, -0.2) is 0 Å². The number of nitrogens with zero attached hydrogens (tertiary/aromatic N) is 1. The van der Waals surface area contributed by atoms with Gasteiger partial charge in [0.2, 0.25) is 0 Å².